The predicted octanol–water partition coefficient (Wildman–Crippen LogP) is 1.52. The second kappa shape index (κ2) is 3.70. The van der Waals surface area contributed by atoms with Gasteiger partial charge in [-0.05, 0) is 12.3 Å². The van der Waals surface area contributed by atoms with E-state index in [-0.39, 0.29) is 12.1 Å². The molecule has 2 fully saturated rings. The van der Waals surface area contributed by atoms with E-state index >= 15 is 0 Å². The molecule has 4 nitrogen and oxygen atoms in total. The Hall–Kier alpha value is -0.610. The summed E-state index contributed by atoms with van der Waals surface area (Å²) in [6.45, 7) is 6.71. The van der Waals surface area contributed by atoms with E-state index in [1.54, 1.807) is 0 Å². The Kier molecular flexibility index (Phi) is 2.75. The fraction of sp³-hybridized carbons (Fsp3) is 0.917. The average molecular weight is 228 g/mol. The molecule has 16 heavy (non-hydrogen) atoms. The third-order valence-electron chi connectivity index (χ3n) is 3.88. The number of hydrogen-bond donors (Lipinski definition) is 0. The second-order valence-corrected chi connectivity index (χ2v) is 5.07. The summed E-state index contributed by atoms with van der Waals surface area (Å²) in [6.07, 6.45) is 1.64. The number of carbonyl (C=O) groups excluding carboxylic acids is 1. The van der Waals surface area contributed by atoms with Crippen LogP contribution in [-0.2, 0) is 19.0 Å². The summed E-state index contributed by atoms with van der Waals surface area (Å²) in [5, 5.41) is 0. The molecule has 2 aliphatic heterocycles. The van der Waals surface area contributed by atoms with Crippen LogP contribution in [-0.4, -0.2) is 37.0 Å². The van der Waals surface area contributed by atoms with Crippen LogP contribution in [0.4, 0.5) is 0 Å². The molecule has 0 aliphatic carbocycles. The summed E-state index contributed by atoms with van der Waals surface area (Å²) < 4.78 is 16.3. The zero-order valence-electron chi connectivity index (χ0n) is 10.4. The highest BCUT2D eigenvalue weighted by atomic mass is 16.7. The molecule has 0 aromatic rings. The molecule has 4 heteroatoms. The van der Waals surface area contributed by atoms with Crippen molar-refractivity contribution in [3.8, 4) is 0 Å². The van der Waals surface area contributed by atoms with E-state index in [1.807, 2.05) is 6.92 Å². The molecule has 3 atom stereocenters. The minimum atomic E-state index is -0.745. The Morgan fingerprint density at radius 2 is 2.25 bits per heavy atom. The SMILES string of the molecule is CCC1(C(=O)OC)OC12COC(C(C)C)C2. The lowest BCUT2D eigenvalue weighted by atomic mass is 9.86. The lowest BCUT2D eigenvalue weighted by molar-refractivity contribution is -0.147. The zero-order chi connectivity index (χ0) is 12.0. The van der Waals surface area contributed by atoms with E-state index in [2.05, 4.69) is 13.8 Å². The number of methoxy groups -OCH3 is 1. The highest BCUT2D eigenvalue weighted by Gasteiger charge is 2.76. The van der Waals surface area contributed by atoms with Gasteiger partial charge in [0.05, 0.1) is 19.8 Å². The van der Waals surface area contributed by atoms with Crippen LogP contribution < -0.4 is 0 Å². The van der Waals surface area contributed by atoms with E-state index in [4.69, 9.17) is 14.2 Å². The molecular weight excluding hydrogens is 208 g/mol. The first kappa shape index (κ1) is 11.9. The Bertz CT molecular complexity index is 301. The molecule has 0 N–H and O–H groups in total. The first-order valence-corrected chi connectivity index (χ1v) is 5.91. The normalized spacial score (nSPS) is 41.7. The fourth-order valence-electron chi connectivity index (χ4n) is 2.70. The lowest BCUT2D eigenvalue weighted by Crippen LogP contribution is -2.35. The number of esters is 1. The third-order valence-corrected chi connectivity index (χ3v) is 3.88. The monoisotopic (exact) mass is 228 g/mol. The molecule has 0 aromatic heterocycles. The topological polar surface area (TPSA) is 48.1 Å². The molecule has 92 valence electrons. The maximum atomic E-state index is 11.8. The molecule has 2 rings (SSSR count). The molecule has 2 saturated heterocycles. The van der Waals surface area contributed by atoms with Crippen molar-refractivity contribution in [1.29, 1.82) is 0 Å². The summed E-state index contributed by atoms with van der Waals surface area (Å²) in [7, 11) is 1.41. The molecule has 1 spiro atoms. The van der Waals surface area contributed by atoms with Crippen molar-refractivity contribution >= 4 is 5.97 Å². The summed E-state index contributed by atoms with van der Waals surface area (Å²) in [6, 6.07) is 0. The minimum absolute atomic E-state index is 0.193. The first-order chi connectivity index (χ1) is 7.51. The Labute approximate surface area is 96.2 Å². The molecule has 0 saturated carbocycles. The van der Waals surface area contributed by atoms with Gasteiger partial charge in [-0.2, -0.15) is 0 Å². The zero-order valence-corrected chi connectivity index (χ0v) is 10.4. The molecule has 0 amide bonds. The van der Waals surface area contributed by atoms with Gasteiger partial charge in [0.1, 0.15) is 5.60 Å². The number of hydrogen-bond acceptors (Lipinski definition) is 4. The summed E-state index contributed by atoms with van der Waals surface area (Å²) in [4.78, 5) is 11.8. The summed E-state index contributed by atoms with van der Waals surface area (Å²) in [5.74, 6) is 0.193. The predicted molar refractivity (Wildman–Crippen MR) is 58.0 cm³/mol. The molecule has 2 heterocycles. The van der Waals surface area contributed by atoms with Crippen LogP contribution in [0.25, 0.3) is 0 Å². The van der Waals surface area contributed by atoms with Gasteiger partial charge in [0.15, 0.2) is 5.60 Å². The molecule has 0 aromatic carbocycles. The lowest BCUT2D eigenvalue weighted by Gasteiger charge is -2.13. The van der Waals surface area contributed by atoms with Crippen LogP contribution in [0, 0.1) is 5.92 Å². The van der Waals surface area contributed by atoms with E-state index in [0.717, 1.165) is 6.42 Å². The average Bonchev–Trinajstić information content (AvgIpc) is 2.68. The Balaban J connectivity index is 2.11. The van der Waals surface area contributed by atoms with Gasteiger partial charge in [0, 0.05) is 6.42 Å². The highest BCUT2D eigenvalue weighted by Crippen LogP contribution is 2.57. The van der Waals surface area contributed by atoms with E-state index < -0.39 is 11.2 Å². The van der Waals surface area contributed by atoms with Crippen molar-refractivity contribution in [2.24, 2.45) is 5.92 Å². The highest BCUT2D eigenvalue weighted by molar-refractivity contribution is 5.85. The van der Waals surface area contributed by atoms with Crippen molar-refractivity contribution in [1.82, 2.24) is 0 Å². The van der Waals surface area contributed by atoms with Crippen molar-refractivity contribution < 1.29 is 19.0 Å². The summed E-state index contributed by atoms with van der Waals surface area (Å²) >= 11 is 0. The standard InChI is InChI=1S/C12H20O4/c1-5-12(10(13)14-4)11(16-12)6-9(8(2)3)15-7-11/h8-9H,5-7H2,1-4H3. The fourth-order valence-corrected chi connectivity index (χ4v) is 2.70. The van der Waals surface area contributed by atoms with Crippen LogP contribution >= 0.6 is 0 Å². The van der Waals surface area contributed by atoms with E-state index in [0.29, 0.717) is 18.9 Å². The van der Waals surface area contributed by atoms with Crippen LogP contribution in [0.2, 0.25) is 0 Å². The van der Waals surface area contributed by atoms with Gasteiger partial charge >= 0.3 is 5.97 Å². The van der Waals surface area contributed by atoms with E-state index in [9.17, 15) is 4.79 Å². The summed E-state index contributed by atoms with van der Waals surface area (Å²) in [5.41, 5.74) is -1.16. The molecule has 0 bridgehead atoms. The number of ether oxygens (including phenoxy) is 3. The quantitative estimate of drug-likeness (QED) is 0.543. The molecule has 2 aliphatic rings. The number of rotatable bonds is 3. The molecule has 0 radical (unpaired) electrons. The number of epoxide rings is 1. The van der Waals surface area contributed by atoms with Gasteiger partial charge in [-0.15, -0.1) is 0 Å². The Morgan fingerprint density at radius 1 is 1.56 bits per heavy atom. The van der Waals surface area contributed by atoms with Crippen LogP contribution in [0.1, 0.15) is 33.6 Å². The van der Waals surface area contributed by atoms with Gasteiger partial charge in [0.2, 0.25) is 0 Å². The van der Waals surface area contributed by atoms with Gasteiger partial charge in [-0.3, -0.25) is 0 Å². The first-order valence-electron chi connectivity index (χ1n) is 5.91. The van der Waals surface area contributed by atoms with E-state index in [1.165, 1.54) is 7.11 Å². The van der Waals surface area contributed by atoms with Crippen molar-refractivity contribution in [2.75, 3.05) is 13.7 Å². The smallest absolute Gasteiger partial charge is 0.341 e. The molecule has 3 unspecified atom stereocenters. The maximum Gasteiger partial charge on any atom is 0.341 e. The second-order valence-electron chi connectivity index (χ2n) is 5.07. The van der Waals surface area contributed by atoms with Crippen molar-refractivity contribution in [3.63, 3.8) is 0 Å². The Morgan fingerprint density at radius 3 is 2.69 bits per heavy atom. The van der Waals surface area contributed by atoms with Crippen molar-refractivity contribution in [2.45, 2.75) is 50.9 Å². The third kappa shape index (κ3) is 1.39. The largest absolute Gasteiger partial charge is 0.467 e. The van der Waals surface area contributed by atoms with Gasteiger partial charge in [-0.25, -0.2) is 4.79 Å². The van der Waals surface area contributed by atoms with Crippen LogP contribution in [0.15, 0.2) is 0 Å². The van der Waals surface area contributed by atoms with Crippen molar-refractivity contribution in [3.05, 3.63) is 0 Å². The van der Waals surface area contributed by atoms with Gasteiger partial charge < -0.3 is 14.2 Å². The van der Waals surface area contributed by atoms with Gasteiger partial charge in [-0.1, -0.05) is 20.8 Å². The maximum absolute atomic E-state index is 11.8. The van der Waals surface area contributed by atoms with Gasteiger partial charge in [0.25, 0.3) is 0 Å². The van der Waals surface area contributed by atoms with Crippen LogP contribution in [0.5, 0.6) is 0 Å². The van der Waals surface area contributed by atoms with Crippen LogP contribution in [0.3, 0.4) is 0 Å². The minimum Gasteiger partial charge on any atom is -0.467 e. The number of carbonyl (C=O) groups is 1. The molecular formula is C12H20O4.